The minimum Gasteiger partial charge on any atom is -0.476 e. The summed E-state index contributed by atoms with van der Waals surface area (Å²) in [6, 6.07) is -0.237. The van der Waals surface area contributed by atoms with Crippen molar-refractivity contribution < 1.29 is 14.7 Å². The summed E-state index contributed by atoms with van der Waals surface area (Å²) in [6.07, 6.45) is 2.25. The van der Waals surface area contributed by atoms with Gasteiger partial charge in [0, 0.05) is 13.1 Å². The van der Waals surface area contributed by atoms with E-state index in [4.69, 9.17) is 5.11 Å². The van der Waals surface area contributed by atoms with Gasteiger partial charge in [-0.25, -0.2) is 14.3 Å². The van der Waals surface area contributed by atoms with Gasteiger partial charge in [0.15, 0.2) is 5.69 Å². The van der Waals surface area contributed by atoms with Crippen molar-refractivity contribution in [3.8, 4) is 0 Å². The number of carbonyl (C=O) groups excluding carboxylic acids is 1. The summed E-state index contributed by atoms with van der Waals surface area (Å²) >= 11 is 0. The number of carboxylic acid groups (broad SMARTS) is 1. The predicted octanol–water partition coefficient (Wildman–Crippen LogP) is 0.322. The van der Waals surface area contributed by atoms with Crippen molar-refractivity contribution in [2.75, 3.05) is 13.1 Å². The normalized spacial score (nSPS) is 10.5. The van der Waals surface area contributed by atoms with E-state index in [1.165, 1.54) is 10.9 Å². The van der Waals surface area contributed by atoms with Gasteiger partial charge in [-0.2, -0.15) is 0 Å². The summed E-state index contributed by atoms with van der Waals surface area (Å²) in [6.45, 7) is 5.54. The molecule has 1 aromatic rings. The van der Waals surface area contributed by atoms with Gasteiger partial charge in [-0.3, -0.25) is 0 Å². The van der Waals surface area contributed by atoms with Crippen LogP contribution in [0.3, 0.4) is 0 Å². The van der Waals surface area contributed by atoms with Gasteiger partial charge in [0.1, 0.15) is 0 Å². The summed E-state index contributed by atoms with van der Waals surface area (Å²) in [7, 11) is 0. The second-order valence-corrected chi connectivity index (χ2v) is 4.54. The highest BCUT2D eigenvalue weighted by Crippen LogP contribution is 1.96. The van der Waals surface area contributed by atoms with Crippen LogP contribution in [0.5, 0.6) is 0 Å². The first-order valence-corrected chi connectivity index (χ1v) is 6.14. The fourth-order valence-corrected chi connectivity index (χ4v) is 1.33. The van der Waals surface area contributed by atoms with Gasteiger partial charge >= 0.3 is 12.0 Å². The lowest BCUT2D eigenvalue weighted by Gasteiger charge is -2.08. The van der Waals surface area contributed by atoms with Crippen molar-refractivity contribution in [3.63, 3.8) is 0 Å². The van der Waals surface area contributed by atoms with E-state index in [1.54, 1.807) is 0 Å². The zero-order valence-corrected chi connectivity index (χ0v) is 11.1. The first-order valence-electron chi connectivity index (χ1n) is 6.14. The Morgan fingerprint density at radius 3 is 2.63 bits per heavy atom. The van der Waals surface area contributed by atoms with Crippen LogP contribution in [0.1, 0.15) is 30.8 Å². The van der Waals surface area contributed by atoms with Gasteiger partial charge in [0.05, 0.1) is 12.7 Å². The molecule has 0 saturated carbocycles. The molecule has 3 N–H and O–H groups in total. The van der Waals surface area contributed by atoms with Crippen molar-refractivity contribution in [2.24, 2.45) is 5.92 Å². The molecule has 0 fully saturated rings. The number of carbonyl (C=O) groups is 2. The van der Waals surface area contributed by atoms with Crippen molar-refractivity contribution >= 4 is 12.0 Å². The molecule has 0 atom stereocenters. The van der Waals surface area contributed by atoms with E-state index >= 15 is 0 Å². The SMILES string of the molecule is CC(C)CCNC(=O)NCCn1cc(C(=O)O)nn1. The Bertz CT molecular complexity index is 430. The fraction of sp³-hybridized carbons (Fsp3) is 0.636. The molecule has 0 aliphatic rings. The van der Waals surface area contributed by atoms with Crippen LogP contribution in [0.2, 0.25) is 0 Å². The van der Waals surface area contributed by atoms with Crippen LogP contribution in [0, 0.1) is 5.92 Å². The van der Waals surface area contributed by atoms with E-state index in [2.05, 4.69) is 34.8 Å². The monoisotopic (exact) mass is 269 g/mol. The van der Waals surface area contributed by atoms with E-state index in [9.17, 15) is 9.59 Å². The molecule has 8 nitrogen and oxygen atoms in total. The van der Waals surface area contributed by atoms with Gasteiger partial charge in [-0.05, 0) is 12.3 Å². The van der Waals surface area contributed by atoms with Crippen molar-refractivity contribution in [3.05, 3.63) is 11.9 Å². The maximum Gasteiger partial charge on any atom is 0.358 e. The third-order valence-electron chi connectivity index (χ3n) is 2.39. The van der Waals surface area contributed by atoms with Crippen LogP contribution in [-0.2, 0) is 6.54 Å². The van der Waals surface area contributed by atoms with E-state index in [-0.39, 0.29) is 11.7 Å². The van der Waals surface area contributed by atoms with Gasteiger partial charge in [-0.15, -0.1) is 5.10 Å². The van der Waals surface area contributed by atoms with Crippen LogP contribution in [0.25, 0.3) is 0 Å². The summed E-state index contributed by atoms with van der Waals surface area (Å²) in [5.74, 6) is -0.574. The number of nitrogens with one attached hydrogen (secondary N) is 2. The van der Waals surface area contributed by atoms with E-state index in [1.807, 2.05) is 0 Å². The van der Waals surface area contributed by atoms with Crippen molar-refractivity contribution in [1.82, 2.24) is 25.6 Å². The average molecular weight is 269 g/mol. The Labute approximate surface area is 111 Å². The highest BCUT2D eigenvalue weighted by atomic mass is 16.4. The van der Waals surface area contributed by atoms with Crippen LogP contribution in [-0.4, -0.2) is 45.2 Å². The van der Waals surface area contributed by atoms with Crippen LogP contribution in [0.4, 0.5) is 4.79 Å². The second kappa shape index (κ2) is 7.34. The number of urea groups is 1. The molecule has 1 aromatic heterocycles. The molecule has 0 aliphatic carbocycles. The van der Waals surface area contributed by atoms with Crippen LogP contribution >= 0.6 is 0 Å². The molecule has 106 valence electrons. The quantitative estimate of drug-likeness (QED) is 0.660. The summed E-state index contributed by atoms with van der Waals surface area (Å²) in [5.41, 5.74) is -0.110. The molecule has 19 heavy (non-hydrogen) atoms. The zero-order chi connectivity index (χ0) is 14.3. The molecule has 0 bridgehead atoms. The first-order chi connectivity index (χ1) is 8.99. The van der Waals surface area contributed by atoms with Crippen LogP contribution in [0.15, 0.2) is 6.20 Å². The Morgan fingerprint density at radius 2 is 2.05 bits per heavy atom. The molecule has 0 spiro atoms. The topological polar surface area (TPSA) is 109 Å². The van der Waals surface area contributed by atoms with Crippen LogP contribution < -0.4 is 10.6 Å². The number of aromatic nitrogens is 3. The number of nitrogens with zero attached hydrogens (tertiary/aromatic N) is 3. The summed E-state index contributed by atoms with van der Waals surface area (Å²) in [5, 5.41) is 21.2. The molecule has 0 aromatic carbocycles. The number of rotatable bonds is 7. The number of carboxylic acids is 1. The maximum absolute atomic E-state index is 11.4. The van der Waals surface area contributed by atoms with E-state index < -0.39 is 5.97 Å². The molecular weight excluding hydrogens is 250 g/mol. The Kier molecular flexibility index (Phi) is 5.77. The largest absolute Gasteiger partial charge is 0.476 e. The predicted molar refractivity (Wildman–Crippen MR) is 67.8 cm³/mol. The number of amides is 2. The molecule has 2 amide bonds. The van der Waals surface area contributed by atoms with Crippen molar-refractivity contribution in [2.45, 2.75) is 26.8 Å². The highest BCUT2D eigenvalue weighted by Gasteiger charge is 2.08. The van der Waals surface area contributed by atoms with Gasteiger partial charge in [0.2, 0.25) is 0 Å². The minimum atomic E-state index is -1.12. The van der Waals surface area contributed by atoms with E-state index in [0.717, 1.165) is 6.42 Å². The summed E-state index contributed by atoms with van der Waals surface area (Å²) < 4.78 is 1.37. The van der Waals surface area contributed by atoms with Gasteiger partial charge in [-0.1, -0.05) is 19.1 Å². The zero-order valence-electron chi connectivity index (χ0n) is 11.1. The number of hydrogen-bond donors (Lipinski definition) is 3. The first kappa shape index (κ1) is 14.9. The fourth-order valence-electron chi connectivity index (χ4n) is 1.33. The third-order valence-corrected chi connectivity index (χ3v) is 2.39. The molecule has 0 aliphatic heterocycles. The van der Waals surface area contributed by atoms with Crippen molar-refractivity contribution in [1.29, 1.82) is 0 Å². The standard InChI is InChI=1S/C11H19N5O3/c1-8(2)3-4-12-11(19)13-5-6-16-7-9(10(17)18)14-15-16/h7-8H,3-6H2,1-2H3,(H,17,18)(H2,12,13,19). The smallest absolute Gasteiger partial charge is 0.358 e. The number of aromatic carboxylic acids is 1. The minimum absolute atomic E-state index is 0.110. The Hall–Kier alpha value is -2.12. The highest BCUT2D eigenvalue weighted by molar-refractivity contribution is 5.84. The molecule has 0 saturated heterocycles. The van der Waals surface area contributed by atoms with E-state index in [0.29, 0.717) is 25.6 Å². The number of hydrogen-bond acceptors (Lipinski definition) is 4. The Balaban J connectivity index is 2.18. The van der Waals surface area contributed by atoms with Gasteiger partial charge in [0.25, 0.3) is 0 Å². The summed E-state index contributed by atoms with van der Waals surface area (Å²) in [4.78, 5) is 21.9. The maximum atomic E-state index is 11.4. The molecule has 1 heterocycles. The third kappa shape index (κ3) is 5.84. The lowest BCUT2D eigenvalue weighted by Crippen LogP contribution is -2.38. The lowest BCUT2D eigenvalue weighted by atomic mass is 10.1. The average Bonchev–Trinajstić information content (AvgIpc) is 2.77. The molecule has 1 rings (SSSR count). The molecule has 8 heteroatoms. The molecule has 0 radical (unpaired) electrons. The van der Waals surface area contributed by atoms with Gasteiger partial charge < -0.3 is 15.7 Å². The Morgan fingerprint density at radius 1 is 1.37 bits per heavy atom. The molecule has 0 unspecified atom stereocenters. The second-order valence-electron chi connectivity index (χ2n) is 4.54. The molecular formula is C11H19N5O3. The lowest BCUT2D eigenvalue weighted by molar-refractivity contribution is 0.0690.